The molecule has 1 heterocycles. The van der Waals surface area contributed by atoms with Gasteiger partial charge in [0.05, 0.1) is 5.56 Å². The van der Waals surface area contributed by atoms with Crippen LogP contribution in [0.25, 0.3) is 10.9 Å². The molecule has 0 saturated carbocycles. The van der Waals surface area contributed by atoms with Crippen LogP contribution in [0.4, 0.5) is 0 Å². The summed E-state index contributed by atoms with van der Waals surface area (Å²) in [7, 11) is 3.25. The molecule has 3 N–H and O–H groups in total. The molecule has 5 nitrogen and oxygen atoms in total. The lowest BCUT2D eigenvalue weighted by atomic mass is 10.1. The number of aromatic nitrogens is 1. The molecule has 0 aliphatic heterocycles. The van der Waals surface area contributed by atoms with E-state index < -0.39 is 5.91 Å². The van der Waals surface area contributed by atoms with E-state index in [1.807, 2.05) is 6.07 Å². The molecule has 2 aromatic rings. The number of benzene rings is 1. The topological polar surface area (TPSA) is 79.2 Å². The van der Waals surface area contributed by atoms with Gasteiger partial charge < -0.3 is 15.6 Å². The van der Waals surface area contributed by atoms with Crippen LogP contribution in [0.15, 0.2) is 24.3 Å². The van der Waals surface area contributed by atoms with Crippen LogP contribution in [0.2, 0.25) is 0 Å². The van der Waals surface area contributed by atoms with Crippen molar-refractivity contribution in [3.63, 3.8) is 0 Å². The Kier molecular flexibility index (Phi) is 3.98. The molecule has 0 saturated heterocycles. The van der Waals surface area contributed by atoms with Gasteiger partial charge in [-0.3, -0.25) is 9.59 Å². The zero-order valence-electron chi connectivity index (χ0n) is 10.1. The molecule has 1 aromatic carbocycles. The second-order valence-electron chi connectivity index (χ2n) is 3.98. The van der Waals surface area contributed by atoms with E-state index in [9.17, 15) is 9.59 Å². The number of rotatable bonds is 2. The van der Waals surface area contributed by atoms with Crippen molar-refractivity contribution < 1.29 is 9.59 Å². The minimum atomic E-state index is -0.604. The first-order chi connectivity index (χ1) is 8.02. The molecule has 0 aliphatic carbocycles. The number of hydrogen-bond donors (Lipinski definition) is 2. The number of nitrogens with zero attached hydrogens (tertiary/aromatic N) is 1. The van der Waals surface area contributed by atoms with Crippen LogP contribution in [0, 0.1) is 0 Å². The van der Waals surface area contributed by atoms with E-state index in [1.54, 1.807) is 32.3 Å². The third-order valence-corrected chi connectivity index (χ3v) is 2.57. The summed E-state index contributed by atoms with van der Waals surface area (Å²) in [6.45, 7) is 0. The van der Waals surface area contributed by atoms with Gasteiger partial charge in [-0.05, 0) is 6.07 Å². The lowest BCUT2D eigenvalue weighted by molar-refractivity contribution is 0.0816. The Morgan fingerprint density at radius 3 is 2.39 bits per heavy atom. The second kappa shape index (κ2) is 5.10. The van der Waals surface area contributed by atoms with Gasteiger partial charge in [0, 0.05) is 25.0 Å². The van der Waals surface area contributed by atoms with E-state index in [2.05, 4.69) is 4.98 Å². The average molecular weight is 268 g/mol. The van der Waals surface area contributed by atoms with Gasteiger partial charge in [-0.1, -0.05) is 18.2 Å². The first kappa shape index (κ1) is 14.1. The maximum absolute atomic E-state index is 11.9. The zero-order chi connectivity index (χ0) is 12.6. The number of aromatic amines is 1. The van der Waals surface area contributed by atoms with Crippen LogP contribution in [0.3, 0.4) is 0 Å². The summed E-state index contributed by atoms with van der Waals surface area (Å²) in [5.74, 6) is -0.873. The number of carbonyl (C=O) groups is 2. The van der Waals surface area contributed by atoms with Crippen molar-refractivity contribution in [2.45, 2.75) is 0 Å². The SMILES string of the molecule is CN(C)C(=O)c1[nH]c2ccccc2c1C(N)=O.Cl. The van der Waals surface area contributed by atoms with Crippen molar-refractivity contribution in [1.29, 1.82) is 0 Å². The Labute approximate surface area is 110 Å². The number of primary amides is 1. The first-order valence-electron chi connectivity index (χ1n) is 5.14. The van der Waals surface area contributed by atoms with E-state index >= 15 is 0 Å². The van der Waals surface area contributed by atoms with E-state index in [1.165, 1.54) is 4.90 Å². The van der Waals surface area contributed by atoms with Crippen LogP contribution < -0.4 is 5.73 Å². The predicted molar refractivity (Wildman–Crippen MR) is 72.1 cm³/mol. The third kappa shape index (κ3) is 2.17. The zero-order valence-corrected chi connectivity index (χ0v) is 10.9. The van der Waals surface area contributed by atoms with Crippen LogP contribution in [0.5, 0.6) is 0 Å². The predicted octanol–water partition coefficient (Wildman–Crippen LogP) is 1.39. The number of H-pyrrole nitrogens is 1. The number of para-hydroxylation sites is 1. The highest BCUT2D eigenvalue weighted by atomic mass is 35.5. The fourth-order valence-electron chi connectivity index (χ4n) is 1.78. The molecule has 1 aromatic heterocycles. The summed E-state index contributed by atoms with van der Waals surface area (Å²) in [5.41, 5.74) is 6.55. The Morgan fingerprint density at radius 2 is 1.83 bits per heavy atom. The Balaban J connectivity index is 0.00000162. The lowest BCUT2D eigenvalue weighted by Crippen LogP contribution is -2.25. The fraction of sp³-hybridized carbons (Fsp3) is 0.167. The minimum Gasteiger partial charge on any atom is -0.366 e. The molecule has 0 radical (unpaired) electrons. The highest BCUT2D eigenvalue weighted by Gasteiger charge is 2.22. The molecule has 2 amide bonds. The number of hydrogen-bond acceptors (Lipinski definition) is 2. The van der Waals surface area contributed by atoms with Crippen LogP contribution in [-0.4, -0.2) is 35.8 Å². The van der Waals surface area contributed by atoms with Crippen LogP contribution in [0.1, 0.15) is 20.8 Å². The molecule has 0 aliphatic rings. The van der Waals surface area contributed by atoms with Gasteiger partial charge in [0.2, 0.25) is 0 Å². The summed E-state index contributed by atoms with van der Waals surface area (Å²) in [6.07, 6.45) is 0. The standard InChI is InChI=1S/C12H13N3O2.ClH/c1-15(2)12(17)10-9(11(13)16)7-5-3-4-6-8(7)14-10;/h3-6,14H,1-2H3,(H2,13,16);1H. The maximum atomic E-state index is 11.9. The summed E-state index contributed by atoms with van der Waals surface area (Å²) in [4.78, 5) is 27.7. The normalized spacial score (nSPS) is 9.89. The quantitative estimate of drug-likeness (QED) is 0.862. The molecule has 2 rings (SSSR count). The Morgan fingerprint density at radius 1 is 1.22 bits per heavy atom. The number of amides is 2. The van der Waals surface area contributed by atoms with Crippen LogP contribution >= 0.6 is 12.4 Å². The monoisotopic (exact) mass is 267 g/mol. The number of halogens is 1. The molecule has 96 valence electrons. The minimum absolute atomic E-state index is 0. The summed E-state index contributed by atoms with van der Waals surface area (Å²) >= 11 is 0. The van der Waals surface area contributed by atoms with Gasteiger partial charge in [0.15, 0.2) is 0 Å². The molecule has 0 unspecified atom stereocenters. The molecule has 6 heteroatoms. The third-order valence-electron chi connectivity index (χ3n) is 2.57. The lowest BCUT2D eigenvalue weighted by Gasteiger charge is -2.09. The van der Waals surface area contributed by atoms with Gasteiger partial charge in [-0.2, -0.15) is 0 Å². The average Bonchev–Trinajstić information content (AvgIpc) is 2.66. The van der Waals surface area contributed by atoms with Gasteiger partial charge in [-0.15, -0.1) is 12.4 Å². The van der Waals surface area contributed by atoms with Gasteiger partial charge >= 0.3 is 0 Å². The smallest absolute Gasteiger partial charge is 0.270 e. The van der Waals surface area contributed by atoms with E-state index in [0.717, 1.165) is 5.52 Å². The van der Waals surface area contributed by atoms with Crippen molar-refractivity contribution in [3.05, 3.63) is 35.5 Å². The molecular formula is C12H14ClN3O2. The molecule has 18 heavy (non-hydrogen) atoms. The molecule has 0 fully saturated rings. The van der Waals surface area contributed by atoms with Crippen LogP contribution in [-0.2, 0) is 0 Å². The van der Waals surface area contributed by atoms with Crippen molar-refractivity contribution in [3.8, 4) is 0 Å². The number of carbonyl (C=O) groups excluding carboxylic acids is 2. The van der Waals surface area contributed by atoms with Gasteiger partial charge in [-0.25, -0.2) is 0 Å². The highest BCUT2D eigenvalue weighted by molar-refractivity contribution is 6.14. The summed E-state index contributed by atoms with van der Waals surface area (Å²) < 4.78 is 0. The first-order valence-corrected chi connectivity index (χ1v) is 5.14. The van der Waals surface area contributed by atoms with Gasteiger partial charge in [0.25, 0.3) is 11.8 Å². The van der Waals surface area contributed by atoms with E-state index in [4.69, 9.17) is 5.73 Å². The molecule has 0 atom stereocenters. The van der Waals surface area contributed by atoms with E-state index in [0.29, 0.717) is 5.39 Å². The van der Waals surface area contributed by atoms with Crippen molar-refractivity contribution in [2.24, 2.45) is 5.73 Å². The Bertz CT molecular complexity index is 604. The van der Waals surface area contributed by atoms with Gasteiger partial charge in [0.1, 0.15) is 5.69 Å². The fourth-order valence-corrected chi connectivity index (χ4v) is 1.78. The number of nitrogens with one attached hydrogen (secondary N) is 1. The Hall–Kier alpha value is -2.01. The molecule has 0 spiro atoms. The van der Waals surface area contributed by atoms with Crippen molar-refractivity contribution >= 4 is 35.1 Å². The number of nitrogens with two attached hydrogens (primary N) is 1. The summed E-state index contributed by atoms with van der Waals surface area (Å²) in [5, 5.41) is 0.671. The largest absolute Gasteiger partial charge is 0.366 e. The maximum Gasteiger partial charge on any atom is 0.270 e. The van der Waals surface area contributed by atoms with Crippen molar-refractivity contribution in [1.82, 2.24) is 9.88 Å². The molecule has 0 bridgehead atoms. The number of fused-ring (bicyclic) bond motifs is 1. The summed E-state index contributed by atoms with van der Waals surface area (Å²) in [6, 6.07) is 7.19. The molecular weight excluding hydrogens is 254 g/mol. The van der Waals surface area contributed by atoms with Crippen molar-refractivity contribution in [2.75, 3.05) is 14.1 Å². The second-order valence-corrected chi connectivity index (χ2v) is 3.98. The highest BCUT2D eigenvalue weighted by Crippen LogP contribution is 2.22. The van der Waals surface area contributed by atoms with E-state index in [-0.39, 0.29) is 29.6 Å².